The smallest absolute Gasteiger partial charge is 0.323 e. The van der Waals surface area contributed by atoms with Gasteiger partial charge in [-0.25, -0.2) is 14.3 Å². The third-order valence-electron chi connectivity index (χ3n) is 5.65. The van der Waals surface area contributed by atoms with Gasteiger partial charge in [0.05, 0.1) is 30.4 Å². The molecule has 0 bridgehead atoms. The maximum Gasteiger partial charge on any atom is 0.323 e. The van der Waals surface area contributed by atoms with Crippen LogP contribution in [0.25, 0.3) is 28.0 Å². The number of fused-ring (bicyclic) bond motifs is 1. The fourth-order valence-corrected chi connectivity index (χ4v) is 4.14. The van der Waals surface area contributed by atoms with Crippen LogP contribution in [0.3, 0.4) is 0 Å². The Bertz CT molecular complexity index is 1410. The van der Waals surface area contributed by atoms with Gasteiger partial charge in [-0.05, 0) is 49.7 Å². The summed E-state index contributed by atoms with van der Waals surface area (Å²) in [4.78, 5) is 23.7. The predicted molar refractivity (Wildman–Crippen MR) is 127 cm³/mol. The number of urea groups is 1. The van der Waals surface area contributed by atoms with Crippen LogP contribution < -0.4 is 5.32 Å². The van der Waals surface area contributed by atoms with Crippen LogP contribution in [-0.4, -0.2) is 56.8 Å². The lowest BCUT2D eigenvalue weighted by Gasteiger charge is -2.26. The van der Waals surface area contributed by atoms with Crippen LogP contribution >= 0.6 is 0 Å². The first kappa shape index (κ1) is 21.6. The normalized spacial score (nSPS) is 13.6. The third-order valence-corrected chi connectivity index (χ3v) is 5.65. The molecule has 1 aromatic carbocycles. The van der Waals surface area contributed by atoms with Crippen molar-refractivity contribution in [3.05, 3.63) is 65.6 Å². The number of amides is 2. The number of aromatic nitrogens is 4. The first-order chi connectivity index (χ1) is 16.5. The van der Waals surface area contributed by atoms with E-state index in [-0.39, 0.29) is 6.03 Å². The number of nitrogens with one attached hydrogen (secondary N) is 1. The molecule has 0 radical (unpaired) electrons. The van der Waals surface area contributed by atoms with Crippen LogP contribution in [0.4, 0.5) is 10.6 Å². The highest BCUT2D eigenvalue weighted by molar-refractivity contribution is 5.93. The van der Waals surface area contributed by atoms with Crippen molar-refractivity contribution in [2.75, 3.05) is 31.6 Å². The van der Waals surface area contributed by atoms with Gasteiger partial charge in [0.2, 0.25) is 0 Å². The molecule has 170 valence electrons. The number of ether oxygens (including phenoxy) is 1. The summed E-state index contributed by atoms with van der Waals surface area (Å²) in [6.45, 7) is 6.03. The second-order valence-corrected chi connectivity index (χ2v) is 8.17. The monoisotopic (exact) mass is 453 g/mol. The Morgan fingerprint density at radius 1 is 1.06 bits per heavy atom. The number of carbonyl (C=O) groups excluding carboxylic acids is 1. The molecule has 4 heterocycles. The minimum atomic E-state index is -0.209. The molecule has 9 nitrogen and oxygen atoms in total. The Morgan fingerprint density at radius 3 is 2.56 bits per heavy atom. The Balaban J connectivity index is 1.64. The van der Waals surface area contributed by atoms with Crippen LogP contribution in [0, 0.1) is 25.2 Å². The fraction of sp³-hybridized carbons (Fsp3) is 0.240. The number of anilines is 1. The van der Waals surface area contributed by atoms with E-state index in [1.807, 2.05) is 44.2 Å². The SMILES string of the molecule is Cc1cc(-c2c(-c3cccc(C#N)c3)nn3ccc(NC(=O)N4CCOCC4)nc23)cc(C)n1. The molecule has 1 N–H and O–H groups in total. The molecule has 9 heteroatoms. The largest absolute Gasteiger partial charge is 0.378 e. The molecule has 34 heavy (non-hydrogen) atoms. The van der Waals surface area contributed by atoms with Crippen LogP contribution in [0.1, 0.15) is 17.0 Å². The van der Waals surface area contributed by atoms with Crippen molar-refractivity contribution in [3.63, 3.8) is 0 Å². The van der Waals surface area contributed by atoms with Gasteiger partial charge in [0.1, 0.15) is 11.5 Å². The average Bonchev–Trinajstić information content (AvgIpc) is 3.23. The number of rotatable bonds is 3. The van der Waals surface area contributed by atoms with Gasteiger partial charge < -0.3 is 9.64 Å². The molecular formula is C25H23N7O2. The number of carbonyl (C=O) groups is 1. The second-order valence-electron chi connectivity index (χ2n) is 8.17. The van der Waals surface area contributed by atoms with Gasteiger partial charge in [-0.1, -0.05) is 12.1 Å². The van der Waals surface area contributed by atoms with E-state index in [0.717, 1.165) is 28.1 Å². The lowest BCUT2D eigenvalue weighted by Crippen LogP contribution is -2.43. The highest BCUT2D eigenvalue weighted by atomic mass is 16.5. The fourth-order valence-electron chi connectivity index (χ4n) is 4.14. The molecular weight excluding hydrogens is 430 g/mol. The topological polar surface area (TPSA) is 108 Å². The minimum Gasteiger partial charge on any atom is -0.378 e. The molecule has 5 rings (SSSR count). The van der Waals surface area contributed by atoms with Crippen molar-refractivity contribution in [2.24, 2.45) is 0 Å². The summed E-state index contributed by atoms with van der Waals surface area (Å²) in [6.07, 6.45) is 1.78. The molecule has 0 saturated carbocycles. The quantitative estimate of drug-likeness (QED) is 0.505. The van der Waals surface area contributed by atoms with Crippen molar-refractivity contribution < 1.29 is 9.53 Å². The number of benzene rings is 1. The van der Waals surface area contributed by atoms with Crippen LogP contribution in [0.5, 0.6) is 0 Å². The van der Waals surface area contributed by atoms with Gasteiger partial charge in [-0.2, -0.15) is 10.4 Å². The Kier molecular flexibility index (Phi) is 5.65. The zero-order chi connectivity index (χ0) is 23.7. The van der Waals surface area contributed by atoms with E-state index in [2.05, 4.69) is 16.4 Å². The molecule has 2 amide bonds. The zero-order valence-electron chi connectivity index (χ0n) is 18.9. The zero-order valence-corrected chi connectivity index (χ0v) is 18.9. The van der Waals surface area contributed by atoms with Gasteiger partial charge in [0.15, 0.2) is 5.65 Å². The molecule has 1 saturated heterocycles. The van der Waals surface area contributed by atoms with Gasteiger partial charge in [-0.3, -0.25) is 10.3 Å². The maximum atomic E-state index is 12.7. The van der Waals surface area contributed by atoms with Crippen LogP contribution in [0.15, 0.2) is 48.7 Å². The molecule has 1 aliphatic heterocycles. The number of aryl methyl sites for hydroxylation is 2. The summed E-state index contributed by atoms with van der Waals surface area (Å²) >= 11 is 0. The van der Waals surface area contributed by atoms with Crippen molar-refractivity contribution >= 4 is 17.5 Å². The number of nitriles is 1. The van der Waals surface area contributed by atoms with Crippen molar-refractivity contribution in [1.82, 2.24) is 24.5 Å². The highest BCUT2D eigenvalue weighted by Crippen LogP contribution is 2.35. The van der Waals surface area contributed by atoms with E-state index in [1.165, 1.54) is 0 Å². The summed E-state index contributed by atoms with van der Waals surface area (Å²) < 4.78 is 7.02. The van der Waals surface area contributed by atoms with Gasteiger partial charge in [-0.15, -0.1) is 0 Å². The van der Waals surface area contributed by atoms with E-state index in [9.17, 15) is 10.1 Å². The number of nitrogens with zero attached hydrogens (tertiary/aromatic N) is 6. The van der Waals surface area contributed by atoms with Crippen molar-refractivity contribution in [3.8, 4) is 28.5 Å². The summed E-state index contributed by atoms with van der Waals surface area (Å²) in [5.74, 6) is 0.435. The predicted octanol–water partition coefficient (Wildman–Crippen LogP) is 3.81. The standard InChI is InChI=1S/C25H23N7O2/c1-16-12-20(13-17(2)27-16)22-23(19-5-3-4-18(14-19)15-26)30-32-7-6-21(28-24(22)32)29-25(33)31-8-10-34-11-9-31/h3-7,12-14H,8-11H2,1-2H3,(H,28,29,33). The Morgan fingerprint density at radius 2 is 1.82 bits per heavy atom. The van der Waals surface area contributed by atoms with E-state index < -0.39 is 0 Å². The molecule has 1 aliphatic rings. The number of pyridine rings is 1. The van der Waals surface area contributed by atoms with Crippen molar-refractivity contribution in [1.29, 1.82) is 5.26 Å². The van der Waals surface area contributed by atoms with Crippen LogP contribution in [0.2, 0.25) is 0 Å². The van der Waals surface area contributed by atoms with E-state index >= 15 is 0 Å². The first-order valence-electron chi connectivity index (χ1n) is 11.0. The summed E-state index contributed by atoms with van der Waals surface area (Å²) in [6, 6.07) is 15.0. The molecule has 4 aromatic rings. The Hall–Kier alpha value is -4.29. The van der Waals surface area contributed by atoms with E-state index in [0.29, 0.717) is 49.0 Å². The number of hydrogen-bond acceptors (Lipinski definition) is 6. The van der Waals surface area contributed by atoms with Crippen molar-refractivity contribution in [2.45, 2.75) is 13.8 Å². The summed E-state index contributed by atoms with van der Waals surface area (Å²) in [5.41, 5.74) is 6.14. The second kappa shape index (κ2) is 8.92. The van der Waals surface area contributed by atoms with Crippen LogP contribution in [-0.2, 0) is 4.74 Å². The van der Waals surface area contributed by atoms with Gasteiger partial charge in [0, 0.05) is 36.2 Å². The molecule has 3 aromatic heterocycles. The van der Waals surface area contributed by atoms with E-state index in [1.54, 1.807) is 27.7 Å². The molecule has 0 spiro atoms. The summed E-state index contributed by atoms with van der Waals surface area (Å²) in [5, 5.41) is 17.1. The lowest BCUT2D eigenvalue weighted by molar-refractivity contribution is 0.0564. The number of hydrogen-bond donors (Lipinski definition) is 1. The van der Waals surface area contributed by atoms with E-state index in [4.69, 9.17) is 14.8 Å². The molecule has 0 unspecified atom stereocenters. The lowest BCUT2D eigenvalue weighted by atomic mass is 9.99. The Labute approximate surface area is 196 Å². The first-order valence-corrected chi connectivity index (χ1v) is 11.0. The molecule has 1 fully saturated rings. The van der Waals surface area contributed by atoms with Gasteiger partial charge in [0.25, 0.3) is 0 Å². The minimum absolute atomic E-state index is 0.209. The third kappa shape index (κ3) is 4.19. The summed E-state index contributed by atoms with van der Waals surface area (Å²) in [7, 11) is 0. The maximum absolute atomic E-state index is 12.7. The number of morpholine rings is 1. The molecule has 0 aliphatic carbocycles. The average molecular weight is 454 g/mol. The van der Waals surface area contributed by atoms with Gasteiger partial charge >= 0.3 is 6.03 Å². The highest BCUT2D eigenvalue weighted by Gasteiger charge is 2.21. The molecule has 0 atom stereocenters.